The number of benzene rings is 3. The van der Waals surface area contributed by atoms with Crippen LogP contribution in [0.3, 0.4) is 0 Å². The topological polar surface area (TPSA) is 54.3 Å². The van der Waals surface area contributed by atoms with Crippen LogP contribution >= 0.6 is 11.6 Å². The highest BCUT2D eigenvalue weighted by Gasteiger charge is 2.42. The average molecular weight is 506 g/mol. The van der Waals surface area contributed by atoms with Crippen molar-refractivity contribution in [2.24, 2.45) is 0 Å². The van der Waals surface area contributed by atoms with Gasteiger partial charge in [0.15, 0.2) is 0 Å². The Morgan fingerprint density at radius 3 is 2.39 bits per heavy atom. The van der Waals surface area contributed by atoms with Gasteiger partial charge in [-0.2, -0.15) is 0 Å². The quantitative estimate of drug-likeness (QED) is 0.371. The van der Waals surface area contributed by atoms with E-state index in [9.17, 15) is 18.4 Å². The lowest BCUT2D eigenvalue weighted by Crippen LogP contribution is -2.46. The second-order valence-electron chi connectivity index (χ2n) is 9.51. The van der Waals surface area contributed by atoms with E-state index in [1.165, 1.54) is 16.3 Å². The van der Waals surface area contributed by atoms with Gasteiger partial charge in [-0.3, -0.25) is 14.2 Å². The van der Waals surface area contributed by atoms with Crippen LogP contribution in [0.15, 0.2) is 66.9 Å². The lowest BCUT2D eigenvalue weighted by atomic mass is 9.74. The molecule has 6 rings (SSSR count). The Kier molecular flexibility index (Phi) is 5.34. The number of piperidine rings is 1. The molecule has 0 radical (unpaired) electrons. The molecule has 36 heavy (non-hydrogen) atoms. The number of nitrogens with one attached hydrogen (secondary N) is 1. The van der Waals surface area contributed by atoms with Crippen LogP contribution < -0.4 is 5.32 Å². The van der Waals surface area contributed by atoms with Gasteiger partial charge >= 0.3 is 0 Å². The Morgan fingerprint density at radius 1 is 0.917 bits per heavy atom. The van der Waals surface area contributed by atoms with Crippen LogP contribution in [-0.2, 0) is 5.41 Å². The van der Waals surface area contributed by atoms with E-state index in [-0.39, 0.29) is 16.9 Å². The number of para-hydroxylation sites is 1. The Labute approximate surface area is 211 Å². The van der Waals surface area contributed by atoms with E-state index in [1.54, 1.807) is 18.2 Å². The van der Waals surface area contributed by atoms with Gasteiger partial charge in [-0.25, -0.2) is 8.78 Å². The van der Waals surface area contributed by atoms with E-state index in [2.05, 4.69) is 17.4 Å². The Hall–Kier alpha value is -3.71. The van der Waals surface area contributed by atoms with Crippen molar-refractivity contribution in [3.8, 4) is 0 Å². The third-order valence-electron chi connectivity index (χ3n) is 7.45. The predicted octanol–water partition coefficient (Wildman–Crippen LogP) is 5.86. The van der Waals surface area contributed by atoms with Crippen molar-refractivity contribution >= 4 is 40.0 Å². The normalized spacial score (nSPS) is 16.2. The lowest BCUT2D eigenvalue weighted by Gasteiger charge is -2.39. The number of anilines is 1. The molecule has 1 fully saturated rings. The highest BCUT2D eigenvalue weighted by atomic mass is 35.5. The minimum absolute atomic E-state index is 0.00627. The molecule has 1 spiro atoms. The lowest BCUT2D eigenvalue weighted by molar-refractivity contribution is 0.0678. The molecule has 4 aromatic rings. The Morgan fingerprint density at radius 2 is 1.64 bits per heavy atom. The van der Waals surface area contributed by atoms with Gasteiger partial charge in [-0.1, -0.05) is 35.9 Å². The summed E-state index contributed by atoms with van der Waals surface area (Å²) in [6.45, 7) is 2.02. The molecule has 1 saturated heterocycles. The number of aromatic nitrogens is 1. The van der Waals surface area contributed by atoms with Crippen molar-refractivity contribution in [2.45, 2.75) is 18.3 Å². The highest BCUT2D eigenvalue weighted by Crippen LogP contribution is 2.44. The van der Waals surface area contributed by atoms with Crippen molar-refractivity contribution < 1.29 is 18.4 Å². The molecule has 0 atom stereocenters. The van der Waals surface area contributed by atoms with E-state index >= 15 is 0 Å². The Balaban J connectivity index is 1.32. The number of fused-ring (bicyclic) bond motifs is 3. The first-order valence-electron chi connectivity index (χ1n) is 11.8. The van der Waals surface area contributed by atoms with Crippen molar-refractivity contribution in [3.05, 3.63) is 100 Å². The maximum atomic E-state index is 13.8. The average Bonchev–Trinajstić information content (AvgIpc) is 3.42. The predicted molar refractivity (Wildman–Crippen MR) is 135 cm³/mol. The van der Waals surface area contributed by atoms with Crippen LogP contribution in [-0.4, -0.2) is 40.9 Å². The van der Waals surface area contributed by atoms with Gasteiger partial charge in [-0.05, 0) is 48.7 Å². The third-order valence-corrected chi connectivity index (χ3v) is 7.68. The van der Waals surface area contributed by atoms with Crippen LogP contribution in [0.4, 0.5) is 14.5 Å². The number of carbonyl (C=O) groups excluding carboxylic acids is 2. The first kappa shape index (κ1) is 22.7. The van der Waals surface area contributed by atoms with E-state index in [0.29, 0.717) is 40.6 Å². The molecule has 1 amide bonds. The van der Waals surface area contributed by atoms with Gasteiger partial charge in [0.05, 0.1) is 11.1 Å². The molecule has 2 aliphatic rings. The number of amides is 1. The molecule has 8 heteroatoms. The smallest absolute Gasteiger partial charge is 0.262 e. The summed E-state index contributed by atoms with van der Waals surface area (Å²) >= 11 is 6.19. The third kappa shape index (κ3) is 3.66. The number of halogens is 3. The molecule has 0 aliphatic carbocycles. The monoisotopic (exact) mass is 505 g/mol. The minimum atomic E-state index is -0.852. The summed E-state index contributed by atoms with van der Waals surface area (Å²) in [6, 6.07) is 15.9. The van der Waals surface area contributed by atoms with Crippen molar-refractivity contribution in [3.63, 3.8) is 0 Å². The number of hydrogen-bond acceptors (Lipinski definition) is 3. The molecule has 0 saturated carbocycles. The maximum Gasteiger partial charge on any atom is 0.262 e. The molecule has 1 aromatic heterocycles. The zero-order valence-electron chi connectivity index (χ0n) is 19.2. The molecular weight excluding hydrogens is 484 g/mol. The largest absolute Gasteiger partial charge is 0.384 e. The molecule has 182 valence electrons. The summed E-state index contributed by atoms with van der Waals surface area (Å²) in [7, 11) is 0. The van der Waals surface area contributed by atoms with E-state index in [4.69, 9.17) is 11.6 Å². The zero-order chi connectivity index (χ0) is 25.0. The van der Waals surface area contributed by atoms with Gasteiger partial charge in [0.25, 0.3) is 11.8 Å². The van der Waals surface area contributed by atoms with Gasteiger partial charge in [0, 0.05) is 59.0 Å². The fourth-order valence-electron chi connectivity index (χ4n) is 5.57. The standard InChI is InChI=1S/C28H22ClF2N3O2/c29-18-5-6-21-22(15-34(25(21)13-18)26(35)17-11-19(30)14-20(31)12-17)27(36)33-9-7-28(8-10-33)16-32-24-4-2-1-3-23(24)28/h1-6,11-15,32H,7-10,16H2. The highest BCUT2D eigenvalue weighted by molar-refractivity contribution is 6.31. The molecule has 3 heterocycles. The first-order valence-corrected chi connectivity index (χ1v) is 12.2. The number of rotatable bonds is 2. The molecular formula is C28H22ClF2N3O2. The summed E-state index contributed by atoms with van der Waals surface area (Å²) in [5, 5.41) is 4.43. The summed E-state index contributed by atoms with van der Waals surface area (Å²) in [5.74, 6) is -2.54. The first-order chi connectivity index (χ1) is 17.3. The van der Waals surface area contributed by atoms with Gasteiger partial charge in [-0.15, -0.1) is 0 Å². The van der Waals surface area contributed by atoms with Gasteiger partial charge in [0.1, 0.15) is 11.6 Å². The summed E-state index contributed by atoms with van der Waals surface area (Å²) in [6.07, 6.45) is 3.11. The Bertz CT molecular complexity index is 1520. The second-order valence-corrected chi connectivity index (χ2v) is 9.95. The molecule has 2 aliphatic heterocycles. The van der Waals surface area contributed by atoms with Crippen LogP contribution in [0.25, 0.3) is 10.9 Å². The van der Waals surface area contributed by atoms with Crippen LogP contribution in [0, 0.1) is 11.6 Å². The fourth-order valence-corrected chi connectivity index (χ4v) is 5.73. The van der Waals surface area contributed by atoms with Crippen molar-refractivity contribution in [1.82, 2.24) is 9.47 Å². The van der Waals surface area contributed by atoms with E-state index in [1.807, 2.05) is 17.0 Å². The fraction of sp³-hybridized carbons (Fsp3) is 0.214. The van der Waals surface area contributed by atoms with Crippen molar-refractivity contribution in [2.75, 3.05) is 25.0 Å². The van der Waals surface area contributed by atoms with E-state index in [0.717, 1.165) is 37.2 Å². The van der Waals surface area contributed by atoms with Crippen LogP contribution in [0.5, 0.6) is 0 Å². The molecule has 1 N–H and O–H groups in total. The van der Waals surface area contributed by atoms with Crippen LogP contribution in [0.2, 0.25) is 5.02 Å². The van der Waals surface area contributed by atoms with Gasteiger partial charge < -0.3 is 10.2 Å². The summed E-state index contributed by atoms with van der Waals surface area (Å²) in [4.78, 5) is 28.7. The zero-order valence-corrected chi connectivity index (χ0v) is 20.0. The maximum absolute atomic E-state index is 13.8. The number of nitrogens with zero attached hydrogens (tertiary/aromatic N) is 2. The molecule has 5 nitrogen and oxygen atoms in total. The van der Waals surface area contributed by atoms with Crippen molar-refractivity contribution in [1.29, 1.82) is 0 Å². The summed E-state index contributed by atoms with van der Waals surface area (Å²) < 4.78 is 28.8. The second kappa shape index (κ2) is 8.45. The van der Waals surface area contributed by atoms with Crippen LogP contribution in [0.1, 0.15) is 39.1 Å². The number of likely N-dealkylation sites (tertiary alicyclic amines) is 1. The molecule has 0 bridgehead atoms. The molecule has 3 aromatic carbocycles. The minimum Gasteiger partial charge on any atom is -0.384 e. The van der Waals surface area contributed by atoms with Gasteiger partial charge in [0.2, 0.25) is 0 Å². The summed E-state index contributed by atoms with van der Waals surface area (Å²) in [5.41, 5.74) is 3.07. The number of hydrogen-bond donors (Lipinski definition) is 1. The SMILES string of the molecule is O=C(c1cn(C(=O)c2cc(F)cc(F)c2)c2cc(Cl)ccc12)N1CCC2(CC1)CNc1ccccc12. The molecule has 0 unspecified atom stereocenters. The number of carbonyl (C=O) groups is 2. The van der Waals surface area contributed by atoms with E-state index < -0.39 is 17.5 Å².